The van der Waals surface area contributed by atoms with Gasteiger partial charge >= 0.3 is 0 Å². The maximum Gasteiger partial charge on any atom is 0.238 e. The third-order valence-corrected chi connectivity index (χ3v) is 5.09. The number of rotatable bonds is 5. The molecule has 0 aliphatic rings. The number of halogens is 3. The number of thioether (sulfide) groups is 1. The zero-order chi connectivity index (χ0) is 18.7. The van der Waals surface area contributed by atoms with Crippen molar-refractivity contribution in [3.8, 4) is 5.69 Å². The van der Waals surface area contributed by atoms with E-state index >= 15 is 0 Å². The van der Waals surface area contributed by atoms with Gasteiger partial charge in [-0.3, -0.25) is 9.36 Å². The highest BCUT2D eigenvalue weighted by Crippen LogP contribution is 2.27. The highest BCUT2D eigenvalue weighted by molar-refractivity contribution is 8.00. The first-order valence-corrected chi connectivity index (χ1v) is 9.40. The Morgan fingerprint density at radius 2 is 2.04 bits per heavy atom. The van der Waals surface area contributed by atoms with Gasteiger partial charge in [0.1, 0.15) is 6.33 Å². The molecule has 26 heavy (non-hydrogen) atoms. The van der Waals surface area contributed by atoms with Crippen LogP contribution >= 0.6 is 46.6 Å². The van der Waals surface area contributed by atoms with Gasteiger partial charge < -0.3 is 5.32 Å². The van der Waals surface area contributed by atoms with Crippen molar-refractivity contribution < 1.29 is 4.79 Å². The molecule has 0 aliphatic carbocycles. The molecule has 0 fully saturated rings. The molecule has 2 aromatic heterocycles. The SMILES string of the molecule is CC(Sc1nncn1-c1cccc(Cl)c1)C(=O)Nc1ncc(Cl)cc1Cl. The van der Waals surface area contributed by atoms with Crippen LogP contribution in [0.15, 0.2) is 48.0 Å². The van der Waals surface area contributed by atoms with Crippen LogP contribution in [-0.2, 0) is 4.79 Å². The third-order valence-electron chi connectivity index (χ3n) is 3.30. The van der Waals surface area contributed by atoms with Gasteiger partial charge in [0.05, 0.1) is 21.0 Å². The number of nitrogens with one attached hydrogen (secondary N) is 1. The smallest absolute Gasteiger partial charge is 0.238 e. The third kappa shape index (κ3) is 4.48. The second-order valence-electron chi connectivity index (χ2n) is 5.20. The summed E-state index contributed by atoms with van der Waals surface area (Å²) in [6.07, 6.45) is 2.98. The molecule has 0 bridgehead atoms. The molecule has 1 unspecified atom stereocenters. The van der Waals surface area contributed by atoms with E-state index in [1.54, 1.807) is 30.0 Å². The molecular weight excluding hydrogens is 417 g/mol. The number of hydrogen-bond acceptors (Lipinski definition) is 5. The molecule has 3 aromatic rings. The molecule has 1 N–H and O–H groups in total. The van der Waals surface area contributed by atoms with Crippen molar-refractivity contribution in [3.63, 3.8) is 0 Å². The Bertz CT molecular complexity index is 949. The first-order chi connectivity index (χ1) is 12.4. The molecule has 2 heterocycles. The van der Waals surface area contributed by atoms with Gasteiger partial charge in [-0.15, -0.1) is 10.2 Å². The molecule has 0 radical (unpaired) electrons. The Balaban J connectivity index is 1.73. The summed E-state index contributed by atoms with van der Waals surface area (Å²) in [6.45, 7) is 1.75. The van der Waals surface area contributed by atoms with Crippen molar-refractivity contribution in [2.24, 2.45) is 0 Å². The van der Waals surface area contributed by atoms with E-state index in [4.69, 9.17) is 34.8 Å². The number of hydrogen-bond donors (Lipinski definition) is 1. The van der Waals surface area contributed by atoms with Crippen LogP contribution in [-0.4, -0.2) is 30.9 Å². The quantitative estimate of drug-likeness (QED) is 0.594. The number of carbonyl (C=O) groups excluding carboxylic acids is 1. The van der Waals surface area contributed by atoms with Crippen LogP contribution < -0.4 is 5.32 Å². The summed E-state index contributed by atoms with van der Waals surface area (Å²) in [5.41, 5.74) is 0.806. The summed E-state index contributed by atoms with van der Waals surface area (Å²) in [4.78, 5) is 16.5. The van der Waals surface area contributed by atoms with Crippen molar-refractivity contribution in [2.45, 2.75) is 17.3 Å². The van der Waals surface area contributed by atoms with Crippen LogP contribution in [0.2, 0.25) is 15.1 Å². The van der Waals surface area contributed by atoms with Gasteiger partial charge in [0.25, 0.3) is 0 Å². The minimum atomic E-state index is -0.467. The second-order valence-corrected chi connectivity index (χ2v) is 7.78. The minimum absolute atomic E-state index is 0.254. The van der Waals surface area contributed by atoms with E-state index in [9.17, 15) is 4.79 Å². The number of nitrogens with zero attached hydrogens (tertiary/aromatic N) is 4. The standard InChI is InChI=1S/C16H12Cl3N5OS/c1-9(15(25)22-14-13(19)6-11(18)7-20-14)26-16-23-21-8-24(16)12-4-2-3-10(17)5-12/h2-9H,1H3,(H,20,22,25). The predicted molar refractivity (Wildman–Crippen MR) is 105 cm³/mol. The van der Waals surface area contributed by atoms with Crippen LogP contribution in [0.3, 0.4) is 0 Å². The highest BCUT2D eigenvalue weighted by atomic mass is 35.5. The van der Waals surface area contributed by atoms with Crippen LogP contribution in [0.1, 0.15) is 6.92 Å². The fourth-order valence-electron chi connectivity index (χ4n) is 2.04. The maximum absolute atomic E-state index is 12.4. The summed E-state index contributed by atoms with van der Waals surface area (Å²) in [5.74, 6) is -0.0165. The molecule has 0 saturated carbocycles. The summed E-state index contributed by atoms with van der Waals surface area (Å²) >= 11 is 19.1. The molecule has 134 valence electrons. The average Bonchev–Trinajstić information content (AvgIpc) is 3.05. The lowest BCUT2D eigenvalue weighted by Gasteiger charge is -2.13. The largest absolute Gasteiger partial charge is 0.308 e. The lowest BCUT2D eigenvalue weighted by Crippen LogP contribution is -2.23. The van der Waals surface area contributed by atoms with Gasteiger partial charge in [-0.2, -0.15) is 0 Å². The van der Waals surface area contributed by atoms with E-state index in [0.717, 1.165) is 5.69 Å². The molecule has 1 amide bonds. The molecule has 0 saturated heterocycles. The average molecular weight is 429 g/mol. The zero-order valence-electron chi connectivity index (χ0n) is 13.4. The monoisotopic (exact) mass is 427 g/mol. The van der Waals surface area contributed by atoms with E-state index < -0.39 is 5.25 Å². The van der Waals surface area contributed by atoms with Gasteiger partial charge in [0.2, 0.25) is 5.91 Å². The van der Waals surface area contributed by atoms with E-state index in [0.29, 0.717) is 15.2 Å². The molecule has 10 heteroatoms. The number of amides is 1. The van der Waals surface area contributed by atoms with Gasteiger partial charge in [-0.05, 0) is 31.2 Å². The molecule has 0 aliphatic heterocycles. The van der Waals surface area contributed by atoms with Crippen LogP contribution in [0.4, 0.5) is 5.82 Å². The van der Waals surface area contributed by atoms with Gasteiger partial charge in [-0.1, -0.05) is 52.6 Å². The topological polar surface area (TPSA) is 72.7 Å². The Hall–Kier alpha value is -1.80. The minimum Gasteiger partial charge on any atom is -0.308 e. The lowest BCUT2D eigenvalue weighted by molar-refractivity contribution is -0.115. The van der Waals surface area contributed by atoms with Gasteiger partial charge in [0, 0.05) is 11.2 Å². The van der Waals surface area contributed by atoms with Crippen molar-refractivity contribution in [1.29, 1.82) is 0 Å². The number of benzene rings is 1. The zero-order valence-corrected chi connectivity index (χ0v) is 16.4. The second kappa shape index (κ2) is 8.26. The van der Waals surface area contributed by atoms with Crippen LogP contribution in [0.5, 0.6) is 0 Å². The van der Waals surface area contributed by atoms with E-state index in [-0.39, 0.29) is 16.7 Å². The van der Waals surface area contributed by atoms with Crippen molar-refractivity contribution in [1.82, 2.24) is 19.7 Å². The first kappa shape index (κ1) is 19.0. The fourth-order valence-corrected chi connectivity index (χ4v) is 3.50. The molecule has 1 aromatic carbocycles. The van der Waals surface area contributed by atoms with Gasteiger partial charge in [0.15, 0.2) is 11.0 Å². The molecule has 1 atom stereocenters. The molecule has 6 nitrogen and oxygen atoms in total. The van der Waals surface area contributed by atoms with Crippen LogP contribution in [0.25, 0.3) is 5.69 Å². The van der Waals surface area contributed by atoms with Crippen molar-refractivity contribution >= 4 is 58.3 Å². The lowest BCUT2D eigenvalue weighted by atomic mass is 10.3. The summed E-state index contributed by atoms with van der Waals surface area (Å²) in [5, 5.41) is 12.0. The Morgan fingerprint density at radius 3 is 2.77 bits per heavy atom. The Morgan fingerprint density at radius 1 is 1.23 bits per heavy atom. The van der Waals surface area contributed by atoms with Crippen molar-refractivity contribution in [3.05, 3.63) is 57.9 Å². The van der Waals surface area contributed by atoms with Gasteiger partial charge in [-0.25, -0.2) is 4.98 Å². The van der Waals surface area contributed by atoms with Crippen molar-refractivity contribution in [2.75, 3.05) is 5.32 Å². The number of aromatic nitrogens is 4. The summed E-state index contributed by atoms with van der Waals surface area (Å²) in [7, 11) is 0. The first-order valence-electron chi connectivity index (χ1n) is 7.38. The molecule has 0 spiro atoms. The van der Waals surface area contributed by atoms with Crippen LogP contribution in [0, 0.1) is 0 Å². The molecule has 3 rings (SSSR count). The van der Waals surface area contributed by atoms with E-state index in [1.807, 2.05) is 12.1 Å². The fraction of sp³-hybridized carbons (Fsp3) is 0.125. The summed E-state index contributed by atoms with van der Waals surface area (Å²) < 4.78 is 1.76. The number of pyridine rings is 1. The number of carbonyl (C=O) groups is 1. The Kier molecular flexibility index (Phi) is 6.03. The Labute approximate surface area is 168 Å². The predicted octanol–water partition coefficient (Wildman–Crippen LogP) is 4.74. The summed E-state index contributed by atoms with van der Waals surface area (Å²) in [6, 6.07) is 8.79. The normalized spacial score (nSPS) is 12.0. The van der Waals surface area contributed by atoms with E-state index in [2.05, 4.69) is 20.5 Å². The van der Waals surface area contributed by atoms with E-state index in [1.165, 1.54) is 24.0 Å². The maximum atomic E-state index is 12.4. The highest BCUT2D eigenvalue weighted by Gasteiger charge is 2.20. The molecular formula is C16H12Cl3N5OS. The number of anilines is 1.